The van der Waals surface area contributed by atoms with Gasteiger partial charge in [0.1, 0.15) is 0 Å². The van der Waals surface area contributed by atoms with Crippen molar-refractivity contribution in [2.24, 2.45) is 5.10 Å². The highest BCUT2D eigenvalue weighted by atomic mass is 16.2. The smallest absolute Gasteiger partial charge is 0.254 e. The van der Waals surface area contributed by atoms with Gasteiger partial charge in [-0.05, 0) is 17.2 Å². The highest BCUT2D eigenvalue weighted by Gasteiger charge is 2.18. The third-order valence-electron chi connectivity index (χ3n) is 4.52. The van der Waals surface area contributed by atoms with Gasteiger partial charge in [-0.2, -0.15) is 5.10 Å². The normalized spacial score (nSPS) is 16.1. The molecule has 0 atom stereocenters. The standard InChI is InChI=1S/C22H26N4O/c27-22(24-23-13-7-12-20-8-3-1-4-9-20)19-26-16-14-25(15-17-26)18-21-10-5-2-6-11-21/h1-13H,14-19H2,(H,24,27). The van der Waals surface area contributed by atoms with Crippen molar-refractivity contribution in [3.63, 3.8) is 0 Å². The Balaban J connectivity index is 1.33. The molecule has 1 aliphatic heterocycles. The molecular weight excluding hydrogens is 336 g/mol. The highest BCUT2D eigenvalue weighted by Crippen LogP contribution is 2.08. The molecule has 2 aromatic rings. The van der Waals surface area contributed by atoms with Crippen molar-refractivity contribution in [2.45, 2.75) is 6.54 Å². The van der Waals surface area contributed by atoms with Crippen molar-refractivity contribution < 1.29 is 4.79 Å². The summed E-state index contributed by atoms with van der Waals surface area (Å²) in [6.07, 6.45) is 5.36. The molecule has 1 heterocycles. The van der Waals surface area contributed by atoms with Crippen LogP contribution in [0.3, 0.4) is 0 Å². The summed E-state index contributed by atoms with van der Waals surface area (Å²) in [5.74, 6) is -0.0733. The number of benzene rings is 2. The molecule has 0 aliphatic carbocycles. The largest absolute Gasteiger partial charge is 0.297 e. The number of hydrogen-bond acceptors (Lipinski definition) is 4. The molecule has 1 saturated heterocycles. The van der Waals surface area contributed by atoms with E-state index in [4.69, 9.17) is 0 Å². The molecule has 0 radical (unpaired) electrons. The van der Waals surface area contributed by atoms with E-state index in [0.717, 1.165) is 38.3 Å². The maximum absolute atomic E-state index is 12.0. The fourth-order valence-electron chi connectivity index (χ4n) is 3.06. The first-order chi connectivity index (χ1) is 13.3. The van der Waals surface area contributed by atoms with Crippen LogP contribution in [-0.4, -0.2) is 54.6 Å². The molecule has 0 bridgehead atoms. The summed E-state index contributed by atoms with van der Waals surface area (Å²) in [4.78, 5) is 16.6. The van der Waals surface area contributed by atoms with Crippen molar-refractivity contribution in [3.8, 4) is 0 Å². The quantitative estimate of drug-likeness (QED) is 0.608. The third-order valence-corrected chi connectivity index (χ3v) is 4.52. The van der Waals surface area contributed by atoms with Crippen molar-refractivity contribution in [1.82, 2.24) is 15.2 Å². The molecule has 0 aromatic heterocycles. The van der Waals surface area contributed by atoms with Crippen LogP contribution in [0.25, 0.3) is 6.08 Å². The van der Waals surface area contributed by atoms with E-state index >= 15 is 0 Å². The second kappa shape index (κ2) is 10.4. The zero-order valence-electron chi connectivity index (χ0n) is 15.5. The summed E-state index contributed by atoms with van der Waals surface area (Å²) < 4.78 is 0. The Morgan fingerprint density at radius 2 is 1.56 bits per heavy atom. The van der Waals surface area contributed by atoms with E-state index in [1.807, 2.05) is 48.6 Å². The molecule has 1 N–H and O–H groups in total. The van der Waals surface area contributed by atoms with Gasteiger partial charge in [-0.25, -0.2) is 5.43 Å². The third kappa shape index (κ3) is 6.81. The number of hydrogen-bond donors (Lipinski definition) is 1. The van der Waals surface area contributed by atoms with Gasteiger partial charge >= 0.3 is 0 Å². The minimum absolute atomic E-state index is 0.0733. The molecule has 5 heteroatoms. The Morgan fingerprint density at radius 3 is 2.26 bits per heavy atom. The molecule has 1 fully saturated rings. The second-order valence-corrected chi connectivity index (χ2v) is 6.62. The Kier molecular flexibility index (Phi) is 7.33. The molecule has 1 aliphatic rings. The van der Waals surface area contributed by atoms with Crippen LogP contribution < -0.4 is 5.43 Å². The van der Waals surface area contributed by atoms with E-state index in [1.165, 1.54) is 5.56 Å². The van der Waals surface area contributed by atoms with Crippen LogP contribution in [0.1, 0.15) is 11.1 Å². The van der Waals surface area contributed by atoms with Crippen LogP contribution in [0.4, 0.5) is 0 Å². The molecule has 27 heavy (non-hydrogen) atoms. The summed E-state index contributed by atoms with van der Waals surface area (Å²) >= 11 is 0. The molecule has 0 saturated carbocycles. The Bertz CT molecular complexity index is 750. The van der Waals surface area contributed by atoms with Crippen LogP contribution in [0.2, 0.25) is 0 Å². The van der Waals surface area contributed by atoms with Crippen LogP contribution in [0.15, 0.2) is 71.8 Å². The first-order valence-electron chi connectivity index (χ1n) is 9.32. The monoisotopic (exact) mass is 362 g/mol. The number of amides is 1. The molecule has 140 valence electrons. The predicted octanol–water partition coefficient (Wildman–Crippen LogP) is 2.62. The summed E-state index contributed by atoms with van der Waals surface area (Å²) in [6.45, 7) is 5.12. The van der Waals surface area contributed by atoms with E-state index in [1.54, 1.807) is 6.21 Å². The summed E-state index contributed by atoms with van der Waals surface area (Å²) in [6, 6.07) is 20.5. The number of nitrogens with one attached hydrogen (secondary N) is 1. The van der Waals surface area contributed by atoms with Crippen LogP contribution >= 0.6 is 0 Å². The van der Waals surface area contributed by atoms with Gasteiger partial charge < -0.3 is 0 Å². The van der Waals surface area contributed by atoms with E-state index in [2.05, 4.69) is 44.6 Å². The van der Waals surface area contributed by atoms with Gasteiger partial charge in [0, 0.05) is 38.9 Å². The number of hydrazone groups is 1. The lowest BCUT2D eigenvalue weighted by atomic mass is 10.2. The Morgan fingerprint density at radius 1 is 0.926 bits per heavy atom. The second-order valence-electron chi connectivity index (χ2n) is 6.62. The maximum Gasteiger partial charge on any atom is 0.254 e. The van der Waals surface area contributed by atoms with Gasteiger partial charge in [-0.1, -0.05) is 66.7 Å². The molecule has 5 nitrogen and oxygen atoms in total. The van der Waals surface area contributed by atoms with E-state index in [-0.39, 0.29) is 5.91 Å². The topological polar surface area (TPSA) is 47.9 Å². The molecule has 3 rings (SSSR count). The Labute approximate surface area is 161 Å². The minimum Gasteiger partial charge on any atom is -0.297 e. The number of nitrogens with zero attached hydrogens (tertiary/aromatic N) is 3. The van der Waals surface area contributed by atoms with Crippen molar-refractivity contribution in [1.29, 1.82) is 0 Å². The van der Waals surface area contributed by atoms with Gasteiger partial charge in [0.05, 0.1) is 6.54 Å². The lowest BCUT2D eigenvalue weighted by Crippen LogP contribution is -2.48. The zero-order valence-corrected chi connectivity index (χ0v) is 15.5. The van der Waals surface area contributed by atoms with Crippen LogP contribution in [-0.2, 0) is 11.3 Å². The predicted molar refractivity (Wildman–Crippen MR) is 110 cm³/mol. The average molecular weight is 362 g/mol. The summed E-state index contributed by atoms with van der Waals surface area (Å²) in [5, 5.41) is 3.97. The molecule has 0 spiro atoms. The first kappa shape index (κ1) is 19.0. The molecule has 2 aromatic carbocycles. The lowest BCUT2D eigenvalue weighted by Gasteiger charge is -2.34. The summed E-state index contributed by atoms with van der Waals surface area (Å²) in [5.41, 5.74) is 5.03. The van der Waals surface area contributed by atoms with E-state index < -0.39 is 0 Å². The molecule has 0 unspecified atom stereocenters. The highest BCUT2D eigenvalue weighted by molar-refractivity contribution is 5.82. The number of carbonyl (C=O) groups is 1. The molecule has 1 amide bonds. The number of allylic oxidation sites excluding steroid dienone is 1. The SMILES string of the molecule is O=C(CN1CCN(Cc2ccccc2)CC1)NN=CC=Cc1ccccc1. The van der Waals surface area contributed by atoms with Gasteiger partial charge in [-0.15, -0.1) is 0 Å². The van der Waals surface area contributed by atoms with Crippen molar-refractivity contribution >= 4 is 18.2 Å². The average Bonchev–Trinajstić information content (AvgIpc) is 2.71. The van der Waals surface area contributed by atoms with E-state index in [0.29, 0.717) is 6.54 Å². The van der Waals surface area contributed by atoms with Gasteiger partial charge in [0.15, 0.2) is 0 Å². The minimum atomic E-state index is -0.0733. The van der Waals surface area contributed by atoms with E-state index in [9.17, 15) is 4.79 Å². The molecular formula is C22H26N4O. The number of rotatable bonds is 7. The maximum atomic E-state index is 12.0. The van der Waals surface area contributed by atoms with Crippen molar-refractivity contribution in [3.05, 3.63) is 77.9 Å². The first-order valence-corrected chi connectivity index (χ1v) is 9.32. The summed E-state index contributed by atoms with van der Waals surface area (Å²) in [7, 11) is 0. The fraction of sp³-hybridized carbons (Fsp3) is 0.273. The van der Waals surface area contributed by atoms with Gasteiger partial charge in [-0.3, -0.25) is 14.6 Å². The van der Waals surface area contributed by atoms with Crippen LogP contribution in [0, 0.1) is 0 Å². The van der Waals surface area contributed by atoms with Crippen LogP contribution in [0.5, 0.6) is 0 Å². The lowest BCUT2D eigenvalue weighted by molar-refractivity contribution is -0.122. The van der Waals surface area contributed by atoms with Gasteiger partial charge in [0.25, 0.3) is 5.91 Å². The van der Waals surface area contributed by atoms with Gasteiger partial charge in [0.2, 0.25) is 0 Å². The van der Waals surface area contributed by atoms with Crippen molar-refractivity contribution in [2.75, 3.05) is 32.7 Å². The zero-order chi connectivity index (χ0) is 18.7. The Hall–Kier alpha value is -2.76. The fourth-order valence-corrected chi connectivity index (χ4v) is 3.06. The number of piperazine rings is 1. The number of carbonyl (C=O) groups excluding carboxylic acids is 1.